The third-order valence-corrected chi connectivity index (χ3v) is 5.23. The van der Waals surface area contributed by atoms with Crippen molar-refractivity contribution in [2.24, 2.45) is 5.41 Å². The molecule has 0 atom stereocenters. The van der Waals surface area contributed by atoms with Crippen LogP contribution in [0.1, 0.15) is 26.3 Å². The zero-order chi connectivity index (χ0) is 19.3. The van der Waals surface area contributed by atoms with Gasteiger partial charge in [0.05, 0.1) is 0 Å². The van der Waals surface area contributed by atoms with Crippen LogP contribution >= 0.6 is 0 Å². The molecule has 0 radical (unpaired) electrons. The number of fused-ring (bicyclic) bond motifs is 4. The fourth-order valence-electron chi connectivity index (χ4n) is 3.83. The van der Waals surface area contributed by atoms with Crippen LogP contribution < -0.4 is 0 Å². The van der Waals surface area contributed by atoms with Crippen LogP contribution in [0.2, 0.25) is 0 Å². The minimum atomic E-state index is -0.00370. The first-order valence-electron chi connectivity index (χ1n) is 9.79. The number of hydrogen-bond donors (Lipinski definition) is 0. The van der Waals surface area contributed by atoms with E-state index in [9.17, 15) is 0 Å². The van der Waals surface area contributed by atoms with Crippen LogP contribution in [0.25, 0.3) is 43.1 Å². The fourth-order valence-corrected chi connectivity index (χ4v) is 3.83. The van der Waals surface area contributed by atoms with Crippen molar-refractivity contribution >= 4 is 43.1 Å². The maximum absolute atomic E-state index is 3.40. The lowest BCUT2D eigenvalue weighted by Crippen LogP contribution is -1.99. The van der Waals surface area contributed by atoms with E-state index in [1.807, 2.05) is 0 Å². The lowest BCUT2D eigenvalue weighted by Gasteiger charge is -2.09. The van der Waals surface area contributed by atoms with Crippen molar-refractivity contribution in [2.45, 2.75) is 20.8 Å². The van der Waals surface area contributed by atoms with E-state index in [0.717, 1.165) is 5.56 Å². The van der Waals surface area contributed by atoms with E-state index in [4.69, 9.17) is 0 Å². The molecule has 0 saturated heterocycles. The van der Waals surface area contributed by atoms with Crippen LogP contribution in [-0.4, -0.2) is 0 Å². The molecular weight excluding hydrogens is 336 g/mol. The molecule has 0 nitrogen and oxygen atoms in total. The van der Waals surface area contributed by atoms with Gasteiger partial charge in [-0.05, 0) is 106 Å². The molecule has 0 aliphatic heterocycles. The van der Waals surface area contributed by atoms with Gasteiger partial charge in [0.1, 0.15) is 0 Å². The van der Waals surface area contributed by atoms with Gasteiger partial charge in [-0.3, -0.25) is 0 Å². The van der Waals surface area contributed by atoms with Crippen molar-refractivity contribution in [3.05, 3.63) is 84.4 Å². The van der Waals surface area contributed by atoms with Gasteiger partial charge in [-0.15, -0.1) is 0 Å². The third-order valence-electron chi connectivity index (χ3n) is 5.23. The Morgan fingerprint density at radius 1 is 0.536 bits per heavy atom. The van der Waals surface area contributed by atoms with Crippen LogP contribution in [-0.2, 0) is 0 Å². The Kier molecular flexibility index (Phi) is 3.68. The molecule has 0 amide bonds. The average molecular weight is 358 g/mol. The smallest absolute Gasteiger partial charge is 0.0324 e. The van der Waals surface area contributed by atoms with E-state index >= 15 is 0 Å². The molecule has 0 aliphatic rings. The van der Waals surface area contributed by atoms with Crippen molar-refractivity contribution in [3.63, 3.8) is 0 Å². The summed E-state index contributed by atoms with van der Waals surface area (Å²) in [5.41, 5.74) is 1.10. The molecule has 134 valence electrons. The number of rotatable bonds is 0. The van der Waals surface area contributed by atoms with Crippen molar-refractivity contribution in [2.75, 3.05) is 0 Å². The first-order chi connectivity index (χ1) is 13.5. The molecule has 0 spiro atoms. The van der Waals surface area contributed by atoms with Gasteiger partial charge in [-0.1, -0.05) is 48.2 Å². The molecular formula is C28H22. The Balaban J connectivity index is 1.79. The summed E-state index contributed by atoms with van der Waals surface area (Å²) < 4.78 is 0. The highest BCUT2D eigenvalue weighted by atomic mass is 14.1. The van der Waals surface area contributed by atoms with E-state index in [0.29, 0.717) is 0 Å². The molecule has 5 aromatic carbocycles. The average Bonchev–Trinajstić information content (AvgIpc) is 2.67. The first kappa shape index (κ1) is 16.8. The lowest BCUT2D eigenvalue weighted by atomic mass is 9.94. The van der Waals surface area contributed by atoms with E-state index in [1.54, 1.807) is 0 Å². The topological polar surface area (TPSA) is 0 Å². The summed E-state index contributed by atoms with van der Waals surface area (Å²) in [6.45, 7) is 6.45. The fraction of sp³-hybridized carbons (Fsp3) is 0.143. The monoisotopic (exact) mass is 358 g/mol. The molecule has 0 aliphatic carbocycles. The molecule has 5 rings (SSSR count). The third kappa shape index (κ3) is 3.00. The van der Waals surface area contributed by atoms with Crippen LogP contribution in [0.3, 0.4) is 0 Å². The molecule has 0 aromatic heterocycles. The summed E-state index contributed by atoms with van der Waals surface area (Å²) >= 11 is 0. The predicted octanol–water partition coefficient (Wildman–Crippen LogP) is 7.70. The second kappa shape index (κ2) is 6.11. The van der Waals surface area contributed by atoms with Gasteiger partial charge in [0.15, 0.2) is 0 Å². The molecule has 0 fully saturated rings. The molecule has 0 heterocycles. The standard InChI is InChI=1S/C28H22/c1-28(2,3)12-11-19-9-6-10-22-15-25-16-23-13-20-7-4-5-8-21(20)14-24(23)17-26(25)18-27(19)22/h4-10,13-18H,1-3H3. The molecule has 0 saturated carbocycles. The summed E-state index contributed by atoms with van der Waals surface area (Å²) in [6, 6.07) is 28.8. The zero-order valence-corrected chi connectivity index (χ0v) is 16.5. The SMILES string of the molecule is CC(C)(C)C#Cc1cccc2cc3cc4cc5ccccc5cc4cc3cc12. The van der Waals surface area contributed by atoms with Crippen molar-refractivity contribution in [3.8, 4) is 11.8 Å². The zero-order valence-electron chi connectivity index (χ0n) is 16.5. The van der Waals surface area contributed by atoms with Crippen molar-refractivity contribution < 1.29 is 0 Å². The van der Waals surface area contributed by atoms with Gasteiger partial charge in [0.2, 0.25) is 0 Å². The summed E-state index contributed by atoms with van der Waals surface area (Å²) in [7, 11) is 0. The summed E-state index contributed by atoms with van der Waals surface area (Å²) in [4.78, 5) is 0. The summed E-state index contributed by atoms with van der Waals surface area (Å²) in [5.74, 6) is 6.78. The molecule has 0 unspecified atom stereocenters. The maximum Gasteiger partial charge on any atom is 0.0324 e. The predicted molar refractivity (Wildman–Crippen MR) is 123 cm³/mol. The van der Waals surface area contributed by atoms with Crippen LogP contribution in [0.15, 0.2) is 78.9 Å². The highest BCUT2D eigenvalue weighted by Gasteiger charge is 2.07. The van der Waals surface area contributed by atoms with Crippen molar-refractivity contribution in [1.29, 1.82) is 0 Å². The Labute approximate surface area is 165 Å². The van der Waals surface area contributed by atoms with Gasteiger partial charge in [0, 0.05) is 11.0 Å². The Hall–Kier alpha value is -3.30. The van der Waals surface area contributed by atoms with E-state index < -0.39 is 0 Å². The Morgan fingerprint density at radius 2 is 1.04 bits per heavy atom. The highest BCUT2D eigenvalue weighted by molar-refractivity contribution is 6.08. The quantitative estimate of drug-likeness (QED) is 0.196. The summed E-state index contributed by atoms with van der Waals surface area (Å²) in [5, 5.41) is 10.1. The highest BCUT2D eigenvalue weighted by Crippen LogP contribution is 2.31. The lowest BCUT2D eigenvalue weighted by molar-refractivity contribution is 0.571. The number of hydrogen-bond acceptors (Lipinski definition) is 0. The Morgan fingerprint density at radius 3 is 1.64 bits per heavy atom. The van der Waals surface area contributed by atoms with E-state index in [2.05, 4.69) is 111 Å². The van der Waals surface area contributed by atoms with Gasteiger partial charge in [-0.25, -0.2) is 0 Å². The molecule has 28 heavy (non-hydrogen) atoms. The van der Waals surface area contributed by atoms with Gasteiger partial charge in [0.25, 0.3) is 0 Å². The van der Waals surface area contributed by atoms with Crippen LogP contribution in [0.4, 0.5) is 0 Å². The molecule has 0 bridgehead atoms. The van der Waals surface area contributed by atoms with Crippen molar-refractivity contribution in [1.82, 2.24) is 0 Å². The molecule has 0 N–H and O–H groups in total. The normalized spacial score (nSPS) is 11.8. The largest absolute Gasteiger partial charge is 0.0919 e. The van der Waals surface area contributed by atoms with Crippen LogP contribution in [0, 0.1) is 17.3 Å². The number of benzene rings is 5. The van der Waals surface area contributed by atoms with E-state index in [-0.39, 0.29) is 5.41 Å². The van der Waals surface area contributed by atoms with Gasteiger partial charge in [-0.2, -0.15) is 0 Å². The Bertz CT molecular complexity index is 1430. The van der Waals surface area contributed by atoms with Gasteiger partial charge >= 0.3 is 0 Å². The first-order valence-corrected chi connectivity index (χ1v) is 9.79. The summed E-state index contributed by atoms with van der Waals surface area (Å²) in [6.07, 6.45) is 0. The van der Waals surface area contributed by atoms with Gasteiger partial charge < -0.3 is 0 Å². The minimum Gasteiger partial charge on any atom is -0.0919 e. The molecule has 5 aromatic rings. The van der Waals surface area contributed by atoms with E-state index in [1.165, 1.54) is 43.1 Å². The second-order valence-corrected chi connectivity index (χ2v) is 8.62. The maximum atomic E-state index is 3.40. The van der Waals surface area contributed by atoms with Crippen LogP contribution in [0.5, 0.6) is 0 Å². The molecule has 0 heteroatoms. The second-order valence-electron chi connectivity index (χ2n) is 8.62. The minimum absolute atomic E-state index is 0.00370.